The van der Waals surface area contributed by atoms with Crippen LogP contribution in [0, 0.1) is 13.8 Å². The standard InChI is InChI=1S/C15H26N4O/c1-4-16-13-11(2)14(19-12(3)18-13)17-10-15(20)8-6-5-7-9-15/h20H,4-10H2,1-3H3,(H2,16,17,18,19). The van der Waals surface area contributed by atoms with Crippen molar-refractivity contribution in [2.45, 2.75) is 58.5 Å². The summed E-state index contributed by atoms with van der Waals surface area (Å²) in [7, 11) is 0. The van der Waals surface area contributed by atoms with E-state index in [9.17, 15) is 5.11 Å². The number of hydrogen-bond donors (Lipinski definition) is 3. The molecule has 1 aromatic heterocycles. The number of rotatable bonds is 5. The third kappa shape index (κ3) is 3.60. The van der Waals surface area contributed by atoms with E-state index in [1.165, 1.54) is 6.42 Å². The zero-order valence-electron chi connectivity index (χ0n) is 12.8. The van der Waals surface area contributed by atoms with Gasteiger partial charge in [0, 0.05) is 18.7 Å². The average Bonchev–Trinajstić information content (AvgIpc) is 2.42. The molecule has 0 unspecified atom stereocenters. The Morgan fingerprint density at radius 2 is 1.65 bits per heavy atom. The van der Waals surface area contributed by atoms with Gasteiger partial charge in [0.1, 0.15) is 17.5 Å². The van der Waals surface area contributed by atoms with Gasteiger partial charge in [0.15, 0.2) is 0 Å². The van der Waals surface area contributed by atoms with Gasteiger partial charge in [-0.3, -0.25) is 0 Å². The monoisotopic (exact) mass is 278 g/mol. The van der Waals surface area contributed by atoms with Gasteiger partial charge < -0.3 is 15.7 Å². The SMILES string of the molecule is CCNc1nc(C)nc(NCC2(O)CCCCC2)c1C. The maximum atomic E-state index is 10.5. The summed E-state index contributed by atoms with van der Waals surface area (Å²) in [6.07, 6.45) is 5.22. The highest BCUT2D eigenvalue weighted by atomic mass is 16.3. The van der Waals surface area contributed by atoms with Gasteiger partial charge in [-0.25, -0.2) is 9.97 Å². The van der Waals surface area contributed by atoms with E-state index in [0.29, 0.717) is 6.54 Å². The highest BCUT2D eigenvalue weighted by molar-refractivity contribution is 5.57. The van der Waals surface area contributed by atoms with Gasteiger partial charge in [-0.1, -0.05) is 19.3 Å². The fraction of sp³-hybridized carbons (Fsp3) is 0.733. The van der Waals surface area contributed by atoms with E-state index in [4.69, 9.17) is 0 Å². The lowest BCUT2D eigenvalue weighted by atomic mass is 9.85. The molecule has 0 aromatic carbocycles. The van der Waals surface area contributed by atoms with Gasteiger partial charge in [-0.05, 0) is 33.6 Å². The molecule has 0 saturated heterocycles. The number of hydrogen-bond acceptors (Lipinski definition) is 5. The quantitative estimate of drug-likeness (QED) is 0.772. The number of aliphatic hydroxyl groups is 1. The fourth-order valence-electron chi connectivity index (χ4n) is 2.78. The molecule has 1 heterocycles. The van der Waals surface area contributed by atoms with Gasteiger partial charge in [-0.2, -0.15) is 0 Å². The molecular weight excluding hydrogens is 252 g/mol. The summed E-state index contributed by atoms with van der Waals surface area (Å²) in [5, 5.41) is 17.1. The van der Waals surface area contributed by atoms with Gasteiger partial charge in [0.05, 0.1) is 5.60 Å². The van der Waals surface area contributed by atoms with Crippen molar-refractivity contribution in [3.8, 4) is 0 Å². The van der Waals surface area contributed by atoms with Crippen LogP contribution in [0.5, 0.6) is 0 Å². The minimum atomic E-state index is -0.581. The molecule has 0 aliphatic heterocycles. The van der Waals surface area contributed by atoms with Crippen LogP contribution in [0.25, 0.3) is 0 Å². The molecule has 20 heavy (non-hydrogen) atoms. The Bertz CT molecular complexity index is 455. The van der Waals surface area contributed by atoms with Gasteiger partial charge in [-0.15, -0.1) is 0 Å². The lowest BCUT2D eigenvalue weighted by molar-refractivity contribution is 0.0166. The van der Waals surface area contributed by atoms with Crippen molar-refractivity contribution in [2.75, 3.05) is 23.7 Å². The zero-order chi connectivity index (χ0) is 14.6. The number of aryl methyl sites for hydroxylation is 1. The summed E-state index contributed by atoms with van der Waals surface area (Å²) in [6.45, 7) is 7.34. The molecule has 0 atom stereocenters. The van der Waals surface area contributed by atoms with Crippen LogP contribution in [0.2, 0.25) is 0 Å². The normalized spacial score (nSPS) is 17.8. The predicted octanol–water partition coefficient (Wildman–Crippen LogP) is 2.63. The summed E-state index contributed by atoms with van der Waals surface area (Å²) < 4.78 is 0. The van der Waals surface area contributed by atoms with Gasteiger partial charge in [0.25, 0.3) is 0 Å². The topological polar surface area (TPSA) is 70.1 Å². The van der Waals surface area contributed by atoms with Crippen LogP contribution in [0.4, 0.5) is 11.6 Å². The van der Waals surface area contributed by atoms with Crippen molar-refractivity contribution in [3.63, 3.8) is 0 Å². The first-order valence-corrected chi connectivity index (χ1v) is 7.59. The second kappa shape index (κ2) is 6.39. The molecule has 1 aliphatic carbocycles. The van der Waals surface area contributed by atoms with Crippen LogP contribution in [0.3, 0.4) is 0 Å². The van der Waals surface area contributed by atoms with Crippen molar-refractivity contribution >= 4 is 11.6 Å². The summed E-state index contributed by atoms with van der Waals surface area (Å²) in [6, 6.07) is 0. The molecule has 1 aliphatic rings. The van der Waals surface area contributed by atoms with Crippen LogP contribution in [0.15, 0.2) is 0 Å². The first-order chi connectivity index (χ1) is 9.54. The molecule has 112 valence electrons. The number of nitrogens with zero attached hydrogens (tertiary/aromatic N) is 2. The third-order valence-electron chi connectivity index (χ3n) is 3.97. The Morgan fingerprint density at radius 1 is 1.05 bits per heavy atom. The first-order valence-electron chi connectivity index (χ1n) is 7.59. The fourth-order valence-corrected chi connectivity index (χ4v) is 2.78. The lowest BCUT2D eigenvalue weighted by Crippen LogP contribution is -2.39. The smallest absolute Gasteiger partial charge is 0.134 e. The van der Waals surface area contributed by atoms with Crippen LogP contribution >= 0.6 is 0 Å². The Hall–Kier alpha value is -1.36. The number of aromatic nitrogens is 2. The van der Waals surface area contributed by atoms with Crippen molar-refractivity contribution in [1.29, 1.82) is 0 Å². The molecule has 0 bridgehead atoms. The Balaban J connectivity index is 2.08. The minimum Gasteiger partial charge on any atom is -0.388 e. The number of nitrogens with one attached hydrogen (secondary N) is 2. The Kier molecular flexibility index (Phi) is 4.81. The van der Waals surface area contributed by atoms with E-state index in [-0.39, 0.29) is 0 Å². The summed E-state index contributed by atoms with van der Waals surface area (Å²) in [4.78, 5) is 8.87. The predicted molar refractivity (Wildman–Crippen MR) is 82.2 cm³/mol. The molecule has 5 heteroatoms. The minimum absolute atomic E-state index is 0.565. The van der Waals surface area contributed by atoms with Gasteiger partial charge >= 0.3 is 0 Å². The van der Waals surface area contributed by atoms with E-state index in [0.717, 1.165) is 55.3 Å². The Morgan fingerprint density at radius 3 is 2.25 bits per heavy atom. The highest BCUT2D eigenvalue weighted by Crippen LogP contribution is 2.29. The third-order valence-corrected chi connectivity index (χ3v) is 3.97. The highest BCUT2D eigenvalue weighted by Gasteiger charge is 2.29. The molecule has 0 amide bonds. The Labute approximate surface area is 121 Å². The molecule has 3 N–H and O–H groups in total. The van der Waals surface area contributed by atoms with E-state index in [2.05, 4.69) is 27.5 Å². The van der Waals surface area contributed by atoms with E-state index in [1.54, 1.807) is 0 Å². The number of anilines is 2. The molecular formula is C15H26N4O. The van der Waals surface area contributed by atoms with Crippen molar-refractivity contribution in [1.82, 2.24) is 9.97 Å². The summed E-state index contributed by atoms with van der Waals surface area (Å²) in [5.41, 5.74) is 0.430. The zero-order valence-corrected chi connectivity index (χ0v) is 12.8. The molecule has 5 nitrogen and oxygen atoms in total. The second-order valence-corrected chi connectivity index (χ2v) is 5.76. The summed E-state index contributed by atoms with van der Waals surface area (Å²) in [5.74, 6) is 2.44. The van der Waals surface area contributed by atoms with E-state index < -0.39 is 5.60 Å². The molecule has 2 rings (SSSR count). The molecule has 0 radical (unpaired) electrons. The molecule has 1 aromatic rings. The molecule has 1 fully saturated rings. The van der Waals surface area contributed by atoms with Crippen molar-refractivity contribution in [3.05, 3.63) is 11.4 Å². The van der Waals surface area contributed by atoms with Crippen molar-refractivity contribution < 1.29 is 5.11 Å². The lowest BCUT2D eigenvalue weighted by Gasteiger charge is -2.32. The molecule has 0 spiro atoms. The molecule has 1 saturated carbocycles. The van der Waals surface area contributed by atoms with Crippen LogP contribution in [-0.2, 0) is 0 Å². The van der Waals surface area contributed by atoms with Crippen molar-refractivity contribution in [2.24, 2.45) is 0 Å². The second-order valence-electron chi connectivity index (χ2n) is 5.76. The maximum Gasteiger partial charge on any atom is 0.134 e. The largest absolute Gasteiger partial charge is 0.388 e. The van der Waals surface area contributed by atoms with Gasteiger partial charge in [0.2, 0.25) is 0 Å². The van der Waals surface area contributed by atoms with E-state index >= 15 is 0 Å². The maximum absolute atomic E-state index is 10.5. The van der Waals surface area contributed by atoms with Crippen LogP contribution < -0.4 is 10.6 Å². The van der Waals surface area contributed by atoms with E-state index in [1.807, 2.05) is 13.8 Å². The van der Waals surface area contributed by atoms with Crippen LogP contribution in [0.1, 0.15) is 50.4 Å². The average molecular weight is 278 g/mol. The summed E-state index contributed by atoms with van der Waals surface area (Å²) >= 11 is 0. The van der Waals surface area contributed by atoms with Crippen LogP contribution in [-0.4, -0.2) is 33.8 Å². The first kappa shape index (κ1) is 15.0.